The van der Waals surface area contributed by atoms with E-state index in [0.29, 0.717) is 31.7 Å². The molecule has 2 aromatic rings. The van der Waals surface area contributed by atoms with E-state index in [1.165, 1.54) is 24.3 Å². The van der Waals surface area contributed by atoms with Gasteiger partial charge in [-0.3, -0.25) is 0 Å². The van der Waals surface area contributed by atoms with Crippen LogP contribution in [0.1, 0.15) is 18.4 Å². The van der Waals surface area contributed by atoms with Crippen molar-refractivity contribution >= 4 is 21.7 Å². The lowest BCUT2D eigenvalue weighted by Crippen LogP contribution is -2.43. The number of ether oxygens (including phenoxy) is 1. The van der Waals surface area contributed by atoms with Crippen LogP contribution in [-0.2, 0) is 16.4 Å². The van der Waals surface area contributed by atoms with Crippen LogP contribution in [0.25, 0.3) is 0 Å². The van der Waals surface area contributed by atoms with E-state index in [0.717, 1.165) is 24.2 Å². The molecule has 0 radical (unpaired) electrons. The van der Waals surface area contributed by atoms with Crippen LogP contribution in [-0.4, -0.2) is 51.8 Å². The minimum Gasteiger partial charge on any atom is -0.497 e. The zero-order valence-corrected chi connectivity index (χ0v) is 18.3. The smallest absolute Gasteiger partial charge is 0.321 e. The molecule has 0 unspecified atom stereocenters. The van der Waals surface area contributed by atoms with Crippen molar-refractivity contribution in [3.8, 4) is 5.75 Å². The summed E-state index contributed by atoms with van der Waals surface area (Å²) in [6, 6.07) is 12.7. The highest BCUT2D eigenvalue weighted by Crippen LogP contribution is 2.18. The summed E-state index contributed by atoms with van der Waals surface area (Å²) in [7, 11) is -1.78. The second-order valence-electron chi connectivity index (χ2n) is 7.63. The number of likely N-dealkylation sites (tertiary alicyclic amines) is 1. The fourth-order valence-electron chi connectivity index (χ4n) is 3.44. The second kappa shape index (κ2) is 10.6. The van der Waals surface area contributed by atoms with Crippen LogP contribution < -0.4 is 14.8 Å². The Hall–Kier alpha value is -2.65. The Morgan fingerprint density at radius 3 is 2.35 bits per heavy atom. The number of urea groups is 1. The van der Waals surface area contributed by atoms with Crippen LogP contribution in [0.4, 0.5) is 14.9 Å². The Balaban J connectivity index is 1.38. The summed E-state index contributed by atoms with van der Waals surface area (Å²) < 4.78 is 45.4. The molecule has 1 aliphatic rings. The molecule has 0 spiro atoms. The van der Waals surface area contributed by atoms with Gasteiger partial charge in [0, 0.05) is 25.3 Å². The molecule has 1 heterocycles. The fraction of sp³-hybridized carbons (Fsp3) is 0.409. The van der Waals surface area contributed by atoms with E-state index < -0.39 is 10.0 Å². The number of hydrogen-bond donors (Lipinski definition) is 2. The summed E-state index contributed by atoms with van der Waals surface area (Å²) in [5.74, 6) is 0.594. The Bertz CT molecular complexity index is 957. The van der Waals surface area contributed by atoms with Crippen LogP contribution in [0.2, 0.25) is 0 Å². The van der Waals surface area contributed by atoms with Gasteiger partial charge in [-0.2, -0.15) is 0 Å². The van der Waals surface area contributed by atoms with Crippen molar-refractivity contribution in [3.05, 3.63) is 59.9 Å². The minimum atomic E-state index is -3.37. The Kier molecular flexibility index (Phi) is 7.86. The summed E-state index contributed by atoms with van der Waals surface area (Å²) in [6.45, 7) is 1.47. The number of carbonyl (C=O) groups excluding carboxylic acids is 1. The van der Waals surface area contributed by atoms with Crippen molar-refractivity contribution in [1.29, 1.82) is 0 Å². The van der Waals surface area contributed by atoms with Crippen LogP contribution in [0.5, 0.6) is 5.75 Å². The molecule has 0 aromatic heterocycles. The lowest BCUT2D eigenvalue weighted by molar-refractivity contribution is 0.183. The molecule has 1 aliphatic heterocycles. The number of aryl methyl sites for hydroxylation is 1. The summed E-state index contributed by atoms with van der Waals surface area (Å²) in [5.41, 5.74) is 1.48. The van der Waals surface area contributed by atoms with E-state index in [4.69, 9.17) is 4.74 Å². The monoisotopic (exact) mass is 449 g/mol. The van der Waals surface area contributed by atoms with Gasteiger partial charge in [0.1, 0.15) is 11.6 Å². The lowest BCUT2D eigenvalue weighted by atomic mass is 9.97. The third-order valence-corrected chi connectivity index (χ3v) is 6.76. The quantitative estimate of drug-likeness (QED) is 0.648. The third-order valence-electron chi connectivity index (χ3n) is 5.41. The highest BCUT2D eigenvalue weighted by atomic mass is 32.2. The van der Waals surface area contributed by atoms with Crippen molar-refractivity contribution in [3.63, 3.8) is 0 Å². The molecule has 0 saturated carbocycles. The van der Waals surface area contributed by atoms with E-state index in [9.17, 15) is 17.6 Å². The molecule has 0 aliphatic carbocycles. The van der Waals surface area contributed by atoms with Gasteiger partial charge in [0.2, 0.25) is 10.0 Å². The van der Waals surface area contributed by atoms with Gasteiger partial charge in [0.25, 0.3) is 0 Å². The van der Waals surface area contributed by atoms with Gasteiger partial charge in [-0.05, 0) is 67.1 Å². The number of nitrogens with one attached hydrogen (secondary N) is 2. The van der Waals surface area contributed by atoms with Gasteiger partial charge < -0.3 is 15.0 Å². The topological polar surface area (TPSA) is 87.7 Å². The van der Waals surface area contributed by atoms with Gasteiger partial charge >= 0.3 is 6.03 Å². The summed E-state index contributed by atoms with van der Waals surface area (Å²) in [5, 5.41) is 2.75. The number of carbonyl (C=O) groups is 1. The molecule has 31 heavy (non-hydrogen) atoms. The molecule has 0 bridgehead atoms. The molecule has 2 aromatic carbocycles. The predicted molar refractivity (Wildman–Crippen MR) is 118 cm³/mol. The summed E-state index contributed by atoms with van der Waals surface area (Å²) >= 11 is 0. The average molecular weight is 450 g/mol. The molecule has 2 amide bonds. The van der Waals surface area contributed by atoms with Crippen molar-refractivity contribution in [2.75, 3.05) is 37.8 Å². The number of methoxy groups -OCH3 is 1. The standard InChI is InChI=1S/C22H28FN3O4S/c1-30-21-8-2-17(3-9-21)12-15-31(28,29)24-16-18-10-13-26(14-11-18)22(27)25-20-6-4-19(23)5-7-20/h2-9,18,24H,10-16H2,1H3,(H,25,27). The Labute approximate surface area is 182 Å². The number of anilines is 1. The van der Waals surface area contributed by atoms with E-state index in [-0.39, 0.29) is 23.5 Å². The number of sulfonamides is 1. The first-order chi connectivity index (χ1) is 14.8. The molecule has 3 rings (SSSR count). The van der Waals surface area contributed by atoms with Gasteiger partial charge in [0.15, 0.2) is 0 Å². The van der Waals surface area contributed by atoms with E-state index >= 15 is 0 Å². The number of piperidine rings is 1. The van der Waals surface area contributed by atoms with E-state index in [1.54, 1.807) is 12.0 Å². The van der Waals surface area contributed by atoms with Crippen LogP contribution >= 0.6 is 0 Å². The van der Waals surface area contributed by atoms with Crippen LogP contribution in [0.15, 0.2) is 48.5 Å². The lowest BCUT2D eigenvalue weighted by Gasteiger charge is -2.32. The number of halogens is 1. The van der Waals surface area contributed by atoms with Crippen molar-refractivity contribution in [2.45, 2.75) is 19.3 Å². The van der Waals surface area contributed by atoms with Crippen molar-refractivity contribution in [2.24, 2.45) is 5.92 Å². The predicted octanol–water partition coefficient (Wildman–Crippen LogP) is 3.24. The first-order valence-corrected chi connectivity index (χ1v) is 11.9. The average Bonchev–Trinajstić information content (AvgIpc) is 2.78. The maximum atomic E-state index is 13.0. The Morgan fingerprint density at radius 2 is 1.74 bits per heavy atom. The molecule has 168 valence electrons. The largest absolute Gasteiger partial charge is 0.497 e. The maximum absolute atomic E-state index is 13.0. The van der Waals surface area contributed by atoms with Gasteiger partial charge in [-0.15, -0.1) is 0 Å². The highest BCUT2D eigenvalue weighted by Gasteiger charge is 2.24. The SMILES string of the molecule is COc1ccc(CCS(=O)(=O)NCC2CCN(C(=O)Nc3ccc(F)cc3)CC2)cc1. The molecule has 9 heteroatoms. The fourth-order valence-corrected chi connectivity index (χ4v) is 4.58. The zero-order chi connectivity index (χ0) is 22.3. The number of amides is 2. The highest BCUT2D eigenvalue weighted by molar-refractivity contribution is 7.89. The van der Waals surface area contributed by atoms with Crippen molar-refractivity contribution in [1.82, 2.24) is 9.62 Å². The molecule has 1 fully saturated rings. The Morgan fingerprint density at radius 1 is 1.10 bits per heavy atom. The van der Waals surface area contributed by atoms with E-state index in [2.05, 4.69) is 10.0 Å². The van der Waals surface area contributed by atoms with Crippen molar-refractivity contribution < 1.29 is 22.3 Å². The summed E-state index contributed by atoms with van der Waals surface area (Å²) in [4.78, 5) is 14.0. The molecule has 0 atom stereocenters. The van der Waals surface area contributed by atoms with Gasteiger partial charge in [-0.25, -0.2) is 22.3 Å². The van der Waals surface area contributed by atoms with Gasteiger partial charge in [0.05, 0.1) is 12.9 Å². The number of benzene rings is 2. The molecular weight excluding hydrogens is 421 g/mol. The number of hydrogen-bond acceptors (Lipinski definition) is 4. The summed E-state index contributed by atoms with van der Waals surface area (Å²) in [6.07, 6.45) is 1.87. The first kappa shape index (κ1) is 23.0. The van der Waals surface area contributed by atoms with E-state index in [1.807, 2.05) is 24.3 Å². The first-order valence-electron chi connectivity index (χ1n) is 10.3. The molecule has 2 N–H and O–H groups in total. The molecule has 7 nitrogen and oxygen atoms in total. The van der Waals surface area contributed by atoms with Crippen LogP contribution in [0, 0.1) is 11.7 Å². The molecule has 1 saturated heterocycles. The van der Waals surface area contributed by atoms with Gasteiger partial charge in [-0.1, -0.05) is 12.1 Å². The maximum Gasteiger partial charge on any atom is 0.321 e. The number of rotatable bonds is 8. The normalized spacial score (nSPS) is 15.0. The molecular formula is C22H28FN3O4S. The zero-order valence-electron chi connectivity index (χ0n) is 17.5. The number of nitrogens with zero attached hydrogens (tertiary/aromatic N) is 1. The third kappa shape index (κ3) is 7.22. The van der Waals surface area contributed by atoms with Crippen LogP contribution in [0.3, 0.4) is 0 Å². The minimum absolute atomic E-state index is 0.0260. The second-order valence-corrected chi connectivity index (χ2v) is 9.56.